The summed E-state index contributed by atoms with van der Waals surface area (Å²) >= 11 is 11.7. The molecule has 0 spiro atoms. The normalized spacial score (nSPS) is 10.4. The average Bonchev–Trinajstić information content (AvgIpc) is 2.49. The van der Waals surface area contributed by atoms with Crippen LogP contribution in [0.4, 0.5) is 5.69 Å². The van der Waals surface area contributed by atoms with E-state index in [9.17, 15) is 4.79 Å². The number of halogens is 2. The zero-order valence-corrected chi connectivity index (χ0v) is 13.2. The molecule has 0 atom stereocenters. The highest BCUT2D eigenvalue weighted by Crippen LogP contribution is 2.20. The quantitative estimate of drug-likeness (QED) is 0.788. The number of amides is 1. The summed E-state index contributed by atoms with van der Waals surface area (Å²) in [6.45, 7) is 2.16. The van der Waals surface area contributed by atoms with Crippen LogP contribution in [0.15, 0.2) is 36.5 Å². The summed E-state index contributed by atoms with van der Waals surface area (Å²) in [5.41, 5.74) is 2.30. The van der Waals surface area contributed by atoms with Gasteiger partial charge in [0.15, 0.2) is 0 Å². The Morgan fingerprint density at radius 1 is 1.24 bits per heavy atom. The highest BCUT2D eigenvalue weighted by Gasteiger charge is 2.12. The second kappa shape index (κ2) is 7.43. The first-order chi connectivity index (χ1) is 10.1. The summed E-state index contributed by atoms with van der Waals surface area (Å²) in [6.07, 6.45) is 4.75. The van der Waals surface area contributed by atoms with Crippen LogP contribution >= 0.6 is 23.2 Å². The van der Waals surface area contributed by atoms with Gasteiger partial charge in [-0.05, 0) is 36.6 Å². The molecule has 0 saturated heterocycles. The number of carbonyl (C=O) groups excluding carboxylic acids is 1. The molecule has 0 unspecified atom stereocenters. The lowest BCUT2D eigenvalue weighted by atomic mass is 10.1. The highest BCUT2D eigenvalue weighted by atomic mass is 35.5. The summed E-state index contributed by atoms with van der Waals surface area (Å²) in [7, 11) is 0. The Hall–Kier alpha value is -1.58. The van der Waals surface area contributed by atoms with Gasteiger partial charge in [0, 0.05) is 11.9 Å². The number of anilines is 1. The number of pyridine rings is 1. The SMILES string of the molecule is CCCCc1ccc(NC(=O)c2cc(Cl)ncc2Cl)cc1. The minimum absolute atomic E-state index is 0.236. The number of hydrogen-bond acceptors (Lipinski definition) is 2. The van der Waals surface area contributed by atoms with Crippen LogP contribution < -0.4 is 5.32 Å². The third kappa shape index (κ3) is 4.45. The lowest BCUT2D eigenvalue weighted by molar-refractivity contribution is 0.102. The topological polar surface area (TPSA) is 42.0 Å². The molecule has 0 aliphatic rings. The van der Waals surface area contributed by atoms with Crippen molar-refractivity contribution in [2.45, 2.75) is 26.2 Å². The third-order valence-electron chi connectivity index (χ3n) is 3.10. The molecular formula is C16H16Cl2N2O. The van der Waals surface area contributed by atoms with Gasteiger partial charge in [0.05, 0.1) is 10.6 Å². The maximum Gasteiger partial charge on any atom is 0.257 e. The fourth-order valence-corrected chi connectivity index (χ4v) is 2.27. The van der Waals surface area contributed by atoms with Crippen LogP contribution in [0.3, 0.4) is 0 Å². The first-order valence-corrected chi connectivity index (χ1v) is 7.57. The van der Waals surface area contributed by atoms with E-state index in [0.29, 0.717) is 5.56 Å². The number of hydrogen-bond donors (Lipinski definition) is 1. The van der Waals surface area contributed by atoms with Gasteiger partial charge in [-0.25, -0.2) is 4.98 Å². The Balaban J connectivity index is 2.07. The lowest BCUT2D eigenvalue weighted by Crippen LogP contribution is -2.12. The van der Waals surface area contributed by atoms with Crippen LogP contribution in [0.5, 0.6) is 0 Å². The molecule has 0 saturated carbocycles. The molecule has 5 heteroatoms. The number of nitrogens with one attached hydrogen (secondary N) is 1. The van der Waals surface area contributed by atoms with Crippen LogP contribution in [-0.4, -0.2) is 10.9 Å². The molecule has 0 aliphatic carbocycles. The first-order valence-electron chi connectivity index (χ1n) is 6.81. The number of carbonyl (C=O) groups is 1. The van der Waals surface area contributed by atoms with Crippen LogP contribution in [0.1, 0.15) is 35.7 Å². The van der Waals surface area contributed by atoms with Crippen LogP contribution in [0.2, 0.25) is 10.2 Å². The molecule has 1 aromatic carbocycles. The highest BCUT2D eigenvalue weighted by molar-refractivity contribution is 6.35. The van der Waals surface area contributed by atoms with E-state index in [1.807, 2.05) is 24.3 Å². The van der Waals surface area contributed by atoms with E-state index in [2.05, 4.69) is 17.2 Å². The van der Waals surface area contributed by atoms with Crippen molar-refractivity contribution >= 4 is 34.8 Å². The molecule has 1 heterocycles. The zero-order chi connectivity index (χ0) is 15.2. The summed E-state index contributed by atoms with van der Waals surface area (Å²) in [4.78, 5) is 16.0. The van der Waals surface area contributed by atoms with Crippen molar-refractivity contribution < 1.29 is 4.79 Å². The van der Waals surface area contributed by atoms with Gasteiger partial charge in [-0.1, -0.05) is 48.7 Å². The molecule has 21 heavy (non-hydrogen) atoms. The molecule has 0 radical (unpaired) electrons. The number of rotatable bonds is 5. The van der Waals surface area contributed by atoms with Crippen molar-refractivity contribution in [2.75, 3.05) is 5.32 Å². The fourth-order valence-electron chi connectivity index (χ4n) is 1.92. The van der Waals surface area contributed by atoms with Gasteiger partial charge < -0.3 is 5.32 Å². The van der Waals surface area contributed by atoms with Gasteiger partial charge in [0.25, 0.3) is 5.91 Å². The predicted octanol–water partition coefficient (Wildman–Crippen LogP) is 4.98. The number of nitrogens with zero attached hydrogens (tertiary/aromatic N) is 1. The molecule has 3 nitrogen and oxygen atoms in total. The minimum atomic E-state index is -0.300. The van der Waals surface area contributed by atoms with Crippen LogP contribution in [0.25, 0.3) is 0 Å². The number of aromatic nitrogens is 1. The zero-order valence-electron chi connectivity index (χ0n) is 11.7. The number of aryl methyl sites for hydroxylation is 1. The van der Waals surface area contributed by atoms with Crippen molar-refractivity contribution in [1.82, 2.24) is 4.98 Å². The predicted molar refractivity (Wildman–Crippen MR) is 87.3 cm³/mol. The summed E-state index contributed by atoms with van der Waals surface area (Å²) in [6, 6.07) is 9.27. The molecule has 1 amide bonds. The van der Waals surface area contributed by atoms with Crippen molar-refractivity contribution in [3.63, 3.8) is 0 Å². The van der Waals surface area contributed by atoms with Crippen molar-refractivity contribution in [3.8, 4) is 0 Å². The van der Waals surface area contributed by atoms with E-state index in [1.54, 1.807) is 0 Å². The largest absolute Gasteiger partial charge is 0.322 e. The molecule has 0 fully saturated rings. The first kappa shape index (κ1) is 15.8. The maximum absolute atomic E-state index is 12.2. The molecule has 0 bridgehead atoms. The fraction of sp³-hybridized carbons (Fsp3) is 0.250. The summed E-state index contributed by atoms with van der Waals surface area (Å²) in [5.74, 6) is -0.300. The van der Waals surface area contributed by atoms with Gasteiger partial charge in [0.1, 0.15) is 5.15 Å². The second-order valence-corrected chi connectivity index (χ2v) is 5.54. The van der Waals surface area contributed by atoms with Gasteiger partial charge in [-0.15, -0.1) is 0 Å². The average molecular weight is 323 g/mol. The Morgan fingerprint density at radius 2 is 1.95 bits per heavy atom. The van der Waals surface area contributed by atoms with Gasteiger partial charge in [-0.3, -0.25) is 4.79 Å². The molecule has 110 valence electrons. The monoisotopic (exact) mass is 322 g/mol. The maximum atomic E-state index is 12.2. The molecule has 1 aromatic heterocycles. The van der Waals surface area contributed by atoms with Crippen molar-refractivity contribution in [3.05, 3.63) is 57.8 Å². The van der Waals surface area contributed by atoms with E-state index in [0.717, 1.165) is 18.5 Å². The minimum Gasteiger partial charge on any atom is -0.322 e. The van der Waals surface area contributed by atoms with Gasteiger partial charge in [0.2, 0.25) is 0 Å². The molecule has 2 rings (SSSR count). The number of unbranched alkanes of at least 4 members (excludes halogenated alkanes) is 1. The lowest BCUT2D eigenvalue weighted by Gasteiger charge is -2.08. The van der Waals surface area contributed by atoms with Crippen molar-refractivity contribution in [2.24, 2.45) is 0 Å². The van der Waals surface area contributed by atoms with E-state index in [-0.39, 0.29) is 16.1 Å². The van der Waals surface area contributed by atoms with Crippen molar-refractivity contribution in [1.29, 1.82) is 0 Å². The van der Waals surface area contributed by atoms with Crippen LogP contribution in [-0.2, 0) is 6.42 Å². The van der Waals surface area contributed by atoms with Gasteiger partial charge >= 0.3 is 0 Å². The molecule has 1 N–H and O–H groups in total. The van der Waals surface area contributed by atoms with E-state index < -0.39 is 0 Å². The Bertz CT molecular complexity index is 627. The summed E-state index contributed by atoms with van der Waals surface area (Å²) in [5, 5.41) is 3.31. The Kier molecular flexibility index (Phi) is 5.59. The number of benzene rings is 1. The van der Waals surface area contributed by atoms with E-state index in [4.69, 9.17) is 23.2 Å². The molecule has 0 aliphatic heterocycles. The second-order valence-electron chi connectivity index (χ2n) is 4.74. The summed E-state index contributed by atoms with van der Waals surface area (Å²) < 4.78 is 0. The van der Waals surface area contributed by atoms with E-state index in [1.165, 1.54) is 24.2 Å². The Morgan fingerprint density at radius 3 is 2.62 bits per heavy atom. The van der Waals surface area contributed by atoms with Gasteiger partial charge in [-0.2, -0.15) is 0 Å². The Labute approximate surface area is 134 Å². The van der Waals surface area contributed by atoms with E-state index >= 15 is 0 Å². The molecular weight excluding hydrogens is 307 g/mol. The third-order valence-corrected chi connectivity index (χ3v) is 3.61. The molecule has 2 aromatic rings. The smallest absolute Gasteiger partial charge is 0.257 e. The van der Waals surface area contributed by atoms with Crippen LogP contribution in [0, 0.1) is 0 Å². The standard InChI is InChI=1S/C16H16Cl2N2O/c1-2-3-4-11-5-7-12(8-6-11)20-16(21)13-9-15(18)19-10-14(13)17/h5-10H,2-4H2,1H3,(H,20,21).